The van der Waals surface area contributed by atoms with Crippen LogP contribution in [0.25, 0.3) is 0 Å². The van der Waals surface area contributed by atoms with Crippen LogP contribution in [0.3, 0.4) is 0 Å². The van der Waals surface area contributed by atoms with Crippen LogP contribution in [0.2, 0.25) is 0 Å². The maximum absolute atomic E-state index is 7.22. The number of nitrogen functional groups attached to an aromatic ring is 1. The van der Waals surface area contributed by atoms with Crippen molar-refractivity contribution in [3.05, 3.63) is 47.9 Å². The summed E-state index contributed by atoms with van der Waals surface area (Å²) in [6.07, 6.45) is 3.14. The van der Waals surface area contributed by atoms with E-state index in [1.807, 2.05) is 12.1 Å². The molecular weight excluding hydrogens is 232 g/mol. The second kappa shape index (κ2) is 4.97. The molecule has 17 heavy (non-hydrogen) atoms. The highest BCUT2D eigenvalue weighted by Crippen LogP contribution is 2.25. The minimum Gasteiger partial charge on any atom is -0.382 e. The number of nitrogens with two attached hydrogens (primary N) is 1. The lowest BCUT2D eigenvalue weighted by Crippen LogP contribution is -2.13. The largest absolute Gasteiger partial charge is 0.382 e. The quantitative estimate of drug-likeness (QED) is 0.641. The Morgan fingerprint density at radius 2 is 1.88 bits per heavy atom. The molecule has 0 spiro atoms. The number of aromatic nitrogens is 2. The summed E-state index contributed by atoms with van der Waals surface area (Å²) >= 11 is 1.53. The van der Waals surface area contributed by atoms with Crippen LogP contribution in [-0.2, 0) is 0 Å². The van der Waals surface area contributed by atoms with E-state index in [1.54, 1.807) is 6.20 Å². The van der Waals surface area contributed by atoms with Crippen LogP contribution in [0.5, 0.6) is 0 Å². The summed E-state index contributed by atoms with van der Waals surface area (Å²) in [5, 5.41) is 8.01. The smallest absolute Gasteiger partial charge is 0.143 e. The van der Waals surface area contributed by atoms with E-state index in [9.17, 15) is 0 Å². The number of nitrogens with one attached hydrogen (secondary N) is 1. The number of hydrogen-bond acceptors (Lipinski definition) is 4. The molecule has 2 aromatic rings. The van der Waals surface area contributed by atoms with Crippen LogP contribution >= 0.6 is 11.8 Å². The minimum atomic E-state index is -0.0654. The van der Waals surface area contributed by atoms with Gasteiger partial charge in [0.05, 0.1) is 12.4 Å². The Bertz CT molecular complexity index is 519. The van der Waals surface area contributed by atoms with E-state index in [1.165, 1.54) is 23.5 Å². The molecule has 0 aliphatic heterocycles. The third-order valence-electron chi connectivity index (χ3n) is 2.15. The van der Waals surface area contributed by atoms with Crippen LogP contribution < -0.4 is 5.73 Å². The number of hydrogen-bond donors (Lipinski definition) is 2. The van der Waals surface area contributed by atoms with Gasteiger partial charge in [-0.3, -0.25) is 5.41 Å². The molecule has 0 amide bonds. The normalized spacial score (nSPS) is 10.2. The van der Waals surface area contributed by atoms with Crippen molar-refractivity contribution in [1.82, 2.24) is 9.97 Å². The Kier molecular flexibility index (Phi) is 3.39. The van der Waals surface area contributed by atoms with E-state index in [0.29, 0.717) is 5.69 Å². The van der Waals surface area contributed by atoms with Crippen LogP contribution in [0.4, 0.5) is 0 Å². The van der Waals surface area contributed by atoms with Gasteiger partial charge in [0.25, 0.3) is 0 Å². The highest BCUT2D eigenvalue weighted by molar-refractivity contribution is 7.99. The van der Waals surface area contributed by atoms with Gasteiger partial charge in [-0.05, 0) is 19.1 Å². The van der Waals surface area contributed by atoms with Gasteiger partial charge in [0, 0.05) is 4.90 Å². The zero-order valence-electron chi connectivity index (χ0n) is 9.34. The van der Waals surface area contributed by atoms with Crippen LogP contribution in [-0.4, -0.2) is 15.8 Å². The first-order valence-electron chi connectivity index (χ1n) is 5.06. The van der Waals surface area contributed by atoms with Crippen molar-refractivity contribution in [2.75, 3.05) is 0 Å². The number of aryl methyl sites for hydroxylation is 1. The summed E-state index contributed by atoms with van der Waals surface area (Å²) in [5.41, 5.74) is 6.94. The zero-order chi connectivity index (χ0) is 12.3. The fourth-order valence-corrected chi connectivity index (χ4v) is 1.96. The molecule has 1 aromatic carbocycles. The zero-order valence-corrected chi connectivity index (χ0v) is 10.2. The van der Waals surface area contributed by atoms with Crippen LogP contribution in [0.1, 0.15) is 11.3 Å². The molecule has 1 heterocycles. The van der Waals surface area contributed by atoms with Crippen LogP contribution in [0.15, 0.2) is 46.6 Å². The molecule has 2 rings (SSSR count). The van der Waals surface area contributed by atoms with Crippen LogP contribution in [0, 0.1) is 12.3 Å². The van der Waals surface area contributed by atoms with Crippen molar-refractivity contribution in [3.63, 3.8) is 0 Å². The number of amidine groups is 1. The van der Waals surface area contributed by atoms with E-state index in [-0.39, 0.29) is 5.84 Å². The van der Waals surface area contributed by atoms with E-state index < -0.39 is 0 Å². The van der Waals surface area contributed by atoms with E-state index >= 15 is 0 Å². The monoisotopic (exact) mass is 244 g/mol. The van der Waals surface area contributed by atoms with Gasteiger partial charge >= 0.3 is 0 Å². The summed E-state index contributed by atoms with van der Waals surface area (Å²) in [4.78, 5) is 9.37. The highest BCUT2D eigenvalue weighted by Gasteiger charge is 2.02. The Morgan fingerprint density at radius 3 is 2.41 bits per heavy atom. The highest BCUT2D eigenvalue weighted by atomic mass is 32.2. The van der Waals surface area contributed by atoms with Gasteiger partial charge in [-0.25, -0.2) is 9.97 Å². The van der Waals surface area contributed by atoms with Gasteiger partial charge in [-0.15, -0.1) is 0 Å². The Balaban J connectivity index is 2.13. The average molecular weight is 244 g/mol. The molecule has 3 N–H and O–H groups in total. The Labute approximate surface area is 104 Å². The number of rotatable bonds is 3. The first-order chi connectivity index (χ1) is 8.15. The topological polar surface area (TPSA) is 75.7 Å². The molecule has 0 aliphatic carbocycles. The summed E-state index contributed by atoms with van der Waals surface area (Å²) in [5.74, 6) is -0.0654. The maximum atomic E-state index is 7.22. The first-order valence-corrected chi connectivity index (χ1v) is 5.88. The summed E-state index contributed by atoms with van der Waals surface area (Å²) in [6, 6.07) is 8.19. The molecular formula is C12H12N4S. The molecule has 0 saturated carbocycles. The van der Waals surface area contributed by atoms with Crippen molar-refractivity contribution in [2.24, 2.45) is 5.73 Å². The fraction of sp³-hybridized carbons (Fsp3) is 0.0833. The third-order valence-corrected chi connectivity index (χ3v) is 3.08. The molecule has 0 atom stereocenters. The van der Waals surface area contributed by atoms with Gasteiger partial charge in [0.15, 0.2) is 0 Å². The predicted octanol–water partition coefficient (Wildman–Crippen LogP) is 2.22. The average Bonchev–Trinajstić information content (AvgIpc) is 2.33. The molecule has 1 aromatic heterocycles. The Hall–Kier alpha value is -1.88. The molecule has 0 bridgehead atoms. The third kappa shape index (κ3) is 3.04. The SMILES string of the molecule is Cc1ccc(Sc2cnc(C(=N)N)cn2)cc1. The maximum Gasteiger partial charge on any atom is 0.143 e. The van der Waals surface area contributed by atoms with Crippen molar-refractivity contribution in [1.29, 1.82) is 5.41 Å². The van der Waals surface area contributed by atoms with E-state index in [2.05, 4.69) is 29.0 Å². The lowest BCUT2D eigenvalue weighted by atomic mass is 10.2. The molecule has 0 fully saturated rings. The molecule has 0 radical (unpaired) electrons. The standard InChI is InChI=1S/C12H12N4S/c1-8-2-4-9(5-3-8)17-11-7-15-10(6-16-11)12(13)14/h2-7H,1H3,(H3,13,14). The van der Waals surface area contributed by atoms with E-state index in [4.69, 9.17) is 11.1 Å². The van der Waals surface area contributed by atoms with Gasteiger partial charge in [0.2, 0.25) is 0 Å². The molecule has 0 aliphatic rings. The number of nitrogens with zero attached hydrogens (tertiary/aromatic N) is 2. The van der Waals surface area contributed by atoms with Gasteiger partial charge < -0.3 is 5.73 Å². The summed E-state index contributed by atoms with van der Waals surface area (Å²) in [6.45, 7) is 2.05. The van der Waals surface area contributed by atoms with Gasteiger partial charge in [0.1, 0.15) is 16.6 Å². The molecule has 4 nitrogen and oxygen atoms in total. The van der Waals surface area contributed by atoms with Crippen molar-refractivity contribution >= 4 is 17.6 Å². The summed E-state index contributed by atoms with van der Waals surface area (Å²) in [7, 11) is 0. The van der Waals surface area contributed by atoms with Crippen molar-refractivity contribution in [2.45, 2.75) is 16.8 Å². The lowest BCUT2D eigenvalue weighted by molar-refractivity contribution is 1.04. The first kappa shape index (κ1) is 11.6. The van der Waals surface area contributed by atoms with Crippen molar-refractivity contribution < 1.29 is 0 Å². The minimum absolute atomic E-state index is 0.0654. The lowest BCUT2D eigenvalue weighted by Gasteiger charge is -2.02. The van der Waals surface area contributed by atoms with E-state index in [0.717, 1.165) is 9.92 Å². The second-order valence-electron chi connectivity index (χ2n) is 3.57. The van der Waals surface area contributed by atoms with Gasteiger partial charge in [-0.2, -0.15) is 0 Å². The fourth-order valence-electron chi connectivity index (χ4n) is 1.24. The van der Waals surface area contributed by atoms with Gasteiger partial charge in [-0.1, -0.05) is 29.5 Å². The predicted molar refractivity (Wildman–Crippen MR) is 68.4 cm³/mol. The Morgan fingerprint density at radius 1 is 1.18 bits per heavy atom. The molecule has 0 unspecified atom stereocenters. The summed E-state index contributed by atoms with van der Waals surface area (Å²) < 4.78 is 0. The van der Waals surface area contributed by atoms with Crippen molar-refractivity contribution in [3.8, 4) is 0 Å². The second-order valence-corrected chi connectivity index (χ2v) is 4.66. The molecule has 86 valence electrons. The molecule has 5 heteroatoms. The number of benzene rings is 1. The molecule has 0 saturated heterocycles.